The number of carbonyl (C=O) groups excluding carboxylic acids is 2. The number of nitrogens with two attached hydrogens (primary N) is 1. The number of nitrogens with one attached hydrogen (secondary N) is 1. The summed E-state index contributed by atoms with van der Waals surface area (Å²) in [6.45, 7) is 7.15. The summed E-state index contributed by atoms with van der Waals surface area (Å²) < 4.78 is 28.4. The highest BCUT2D eigenvalue weighted by atomic mass is 19.1. The standard InChI is InChI=1S/C18H24F2N4O2/c1-16(2)14(26)24(6)15(21)23-18(16,5)11-9-10(7-8-12(11)19)22-13(25)17(3,4)20/h7-9H,1-6H3,(H2,21,23)(H,22,25)/t18-/m1/s1. The van der Waals surface area contributed by atoms with Crippen LogP contribution in [0.2, 0.25) is 0 Å². The van der Waals surface area contributed by atoms with Crippen LogP contribution in [0.3, 0.4) is 0 Å². The molecule has 0 saturated heterocycles. The zero-order valence-electron chi connectivity index (χ0n) is 15.8. The van der Waals surface area contributed by atoms with Gasteiger partial charge in [0.25, 0.3) is 5.91 Å². The van der Waals surface area contributed by atoms with E-state index in [0.717, 1.165) is 19.9 Å². The molecule has 1 aromatic rings. The Hall–Kier alpha value is -2.51. The molecule has 2 rings (SSSR count). The predicted molar refractivity (Wildman–Crippen MR) is 95.7 cm³/mol. The Labute approximate surface area is 151 Å². The molecule has 0 bridgehead atoms. The highest BCUT2D eigenvalue weighted by Gasteiger charge is 2.53. The van der Waals surface area contributed by atoms with Crippen molar-refractivity contribution >= 4 is 23.5 Å². The van der Waals surface area contributed by atoms with Crippen LogP contribution in [0.15, 0.2) is 23.2 Å². The first-order valence-corrected chi connectivity index (χ1v) is 8.15. The molecular weight excluding hydrogens is 342 g/mol. The predicted octanol–water partition coefficient (Wildman–Crippen LogP) is 2.54. The molecule has 1 aromatic carbocycles. The van der Waals surface area contributed by atoms with Crippen LogP contribution in [-0.2, 0) is 15.1 Å². The fourth-order valence-corrected chi connectivity index (χ4v) is 2.83. The Balaban J connectivity index is 2.58. The Morgan fingerprint density at radius 1 is 1.31 bits per heavy atom. The van der Waals surface area contributed by atoms with E-state index in [1.165, 1.54) is 24.1 Å². The molecule has 1 aliphatic heterocycles. The third-order valence-corrected chi connectivity index (χ3v) is 5.03. The molecule has 0 aromatic heterocycles. The van der Waals surface area contributed by atoms with E-state index in [0.29, 0.717) is 0 Å². The van der Waals surface area contributed by atoms with E-state index in [4.69, 9.17) is 5.73 Å². The highest BCUT2D eigenvalue weighted by molar-refractivity contribution is 6.02. The van der Waals surface area contributed by atoms with Crippen molar-refractivity contribution in [1.29, 1.82) is 0 Å². The normalized spacial score (nSPS) is 22.8. The molecule has 142 valence electrons. The number of aliphatic imine (C=N–C) groups is 1. The molecule has 6 nitrogen and oxygen atoms in total. The largest absolute Gasteiger partial charge is 0.369 e. The summed E-state index contributed by atoms with van der Waals surface area (Å²) in [6.07, 6.45) is 0. The van der Waals surface area contributed by atoms with Gasteiger partial charge in [-0.3, -0.25) is 14.5 Å². The molecule has 1 aliphatic rings. The highest BCUT2D eigenvalue weighted by Crippen LogP contribution is 2.47. The van der Waals surface area contributed by atoms with Gasteiger partial charge in [0.1, 0.15) is 11.4 Å². The molecule has 0 aliphatic carbocycles. The average molecular weight is 366 g/mol. The average Bonchev–Trinajstić information content (AvgIpc) is 2.52. The molecule has 1 atom stereocenters. The van der Waals surface area contributed by atoms with Gasteiger partial charge >= 0.3 is 0 Å². The first-order chi connectivity index (χ1) is 11.7. The van der Waals surface area contributed by atoms with Crippen LogP contribution in [0.1, 0.15) is 40.2 Å². The van der Waals surface area contributed by atoms with E-state index in [2.05, 4.69) is 10.3 Å². The molecule has 0 saturated carbocycles. The second-order valence-corrected chi connectivity index (χ2v) is 7.65. The van der Waals surface area contributed by atoms with Crippen LogP contribution >= 0.6 is 0 Å². The van der Waals surface area contributed by atoms with Gasteiger partial charge in [0.05, 0.1) is 5.41 Å². The number of alkyl halides is 1. The molecule has 0 fully saturated rings. The zero-order chi connectivity index (χ0) is 20.1. The van der Waals surface area contributed by atoms with E-state index in [1.54, 1.807) is 20.8 Å². The van der Waals surface area contributed by atoms with Crippen molar-refractivity contribution in [2.24, 2.45) is 16.1 Å². The molecule has 26 heavy (non-hydrogen) atoms. The molecule has 0 radical (unpaired) electrons. The first-order valence-electron chi connectivity index (χ1n) is 8.15. The zero-order valence-corrected chi connectivity index (χ0v) is 15.8. The van der Waals surface area contributed by atoms with Crippen molar-refractivity contribution in [2.45, 2.75) is 45.8 Å². The van der Waals surface area contributed by atoms with Gasteiger partial charge in [-0.25, -0.2) is 13.8 Å². The van der Waals surface area contributed by atoms with Crippen molar-refractivity contribution in [3.63, 3.8) is 0 Å². The van der Waals surface area contributed by atoms with E-state index in [-0.39, 0.29) is 23.1 Å². The van der Waals surface area contributed by atoms with E-state index < -0.39 is 28.3 Å². The van der Waals surface area contributed by atoms with Crippen LogP contribution in [-0.4, -0.2) is 35.4 Å². The van der Waals surface area contributed by atoms with Crippen LogP contribution in [0.25, 0.3) is 0 Å². The number of benzene rings is 1. The van der Waals surface area contributed by atoms with Crippen LogP contribution in [0.5, 0.6) is 0 Å². The number of rotatable bonds is 3. The van der Waals surface area contributed by atoms with Gasteiger partial charge in [0.15, 0.2) is 11.6 Å². The van der Waals surface area contributed by atoms with Gasteiger partial charge in [0, 0.05) is 18.3 Å². The van der Waals surface area contributed by atoms with Crippen molar-refractivity contribution in [2.75, 3.05) is 12.4 Å². The lowest BCUT2D eigenvalue weighted by molar-refractivity contribution is -0.140. The summed E-state index contributed by atoms with van der Waals surface area (Å²) in [5, 5.41) is 2.41. The molecule has 0 spiro atoms. The maximum absolute atomic E-state index is 14.6. The van der Waals surface area contributed by atoms with Crippen LogP contribution in [0, 0.1) is 11.2 Å². The molecule has 2 amide bonds. The second kappa shape index (κ2) is 6.03. The van der Waals surface area contributed by atoms with Crippen molar-refractivity contribution in [1.82, 2.24) is 4.90 Å². The fourth-order valence-electron chi connectivity index (χ4n) is 2.83. The number of carbonyl (C=O) groups is 2. The monoisotopic (exact) mass is 366 g/mol. The molecular formula is C18H24F2N4O2. The summed E-state index contributed by atoms with van der Waals surface area (Å²) in [4.78, 5) is 30.1. The van der Waals surface area contributed by atoms with E-state index in [1.807, 2.05) is 0 Å². The van der Waals surface area contributed by atoms with E-state index in [9.17, 15) is 18.4 Å². The van der Waals surface area contributed by atoms with Gasteiger partial charge in [-0.1, -0.05) is 0 Å². The number of halogens is 2. The molecule has 8 heteroatoms. The minimum absolute atomic E-state index is 0.0319. The van der Waals surface area contributed by atoms with Gasteiger partial charge in [-0.15, -0.1) is 0 Å². The van der Waals surface area contributed by atoms with Crippen molar-refractivity contribution in [3.8, 4) is 0 Å². The third kappa shape index (κ3) is 3.04. The number of guanidine groups is 1. The quantitative estimate of drug-likeness (QED) is 0.862. The van der Waals surface area contributed by atoms with Gasteiger partial charge in [-0.2, -0.15) is 0 Å². The lowest BCUT2D eigenvalue weighted by Gasteiger charge is -2.46. The minimum atomic E-state index is -2.09. The number of hydrogen-bond acceptors (Lipinski definition) is 4. The van der Waals surface area contributed by atoms with Crippen molar-refractivity contribution in [3.05, 3.63) is 29.6 Å². The van der Waals surface area contributed by atoms with Gasteiger partial charge in [-0.05, 0) is 52.8 Å². The fraction of sp³-hybridized carbons (Fsp3) is 0.500. The topological polar surface area (TPSA) is 87.8 Å². The number of anilines is 1. The molecule has 1 heterocycles. The third-order valence-electron chi connectivity index (χ3n) is 5.03. The lowest BCUT2D eigenvalue weighted by atomic mass is 9.67. The molecule has 3 N–H and O–H groups in total. The summed E-state index contributed by atoms with van der Waals surface area (Å²) in [7, 11) is 1.50. The number of amides is 2. The first kappa shape index (κ1) is 19.8. The summed E-state index contributed by atoms with van der Waals surface area (Å²) >= 11 is 0. The summed E-state index contributed by atoms with van der Waals surface area (Å²) in [5.74, 6) is -1.81. The summed E-state index contributed by atoms with van der Waals surface area (Å²) in [6, 6.07) is 3.82. The Kier molecular flexibility index (Phi) is 4.60. The van der Waals surface area contributed by atoms with Crippen LogP contribution in [0.4, 0.5) is 14.5 Å². The summed E-state index contributed by atoms with van der Waals surface area (Å²) in [5.41, 5.74) is 1.62. The lowest BCUT2D eigenvalue weighted by Crippen LogP contribution is -2.58. The molecule has 0 unspecified atom stereocenters. The number of hydrogen-bond donors (Lipinski definition) is 2. The van der Waals surface area contributed by atoms with Gasteiger partial charge in [0.2, 0.25) is 5.91 Å². The maximum atomic E-state index is 14.6. The minimum Gasteiger partial charge on any atom is -0.369 e. The second-order valence-electron chi connectivity index (χ2n) is 7.65. The SMILES string of the molecule is CN1C(=O)C(C)(C)[C@@](C)(c2cc(NC(=O)C(C)(C)F)ccc2F)N=C1N. The maximum Gasteiger partial charge on any atom is 0.261 e. The number of nitrogens with zero attached hydrogens (tertiary/aromatic N) is 2. The van der Waals surface area contributed by atoms with Gasteiger partial charge < -0.3 is 11.1 Å². The Morgan fingerprint density at radius 2 is 1.88 bits per heavy atom. The smallest absolute Gasteiger partial charge is 0.261 e. The Bertz CT molecular complexity index is 799. The van der Waals surface area contributed by atoms with Crippen molar-refractivity contribution < 1.29 is 18.4 Å². The van der Waals surface area contributed by atoms with E-state index >= 15 is 0 Å². The van der Waals surface area contributed by atoms with Crippen LogP contribution < -0.4 is 11.1 Å². The Morgan fingerprint density at radius 3 is 2.42 bits per heavy atom.